The third kappa shape index (κ3) is 2.83. The summed E-state index contributed by atoms with van der Waals surface area (Å²) in [6.07, 6.45) is 5.16. The van der Waals surface area contributed by atoms with E-state index in [0.29, 0.717) is 4.75 Å². The molecule has 1 nitrogen and oxygen atoms in total. The van der Waals surface area contributed by atoms with Crippen LogP contribution in [-0.2, 0) is 0 Å². The number of hydrogen-bond acceptors (Lipinski definition) is 2. The molecule has 1 atom stereocenters. The molecule has 0 radical (unpaired) electrons. The first-order valence-corrected chi connectivity index (χ1v) is 5.62. The van der Waals surface area contributed by atoms with Crippen molar-refractivity contribution in [2.75, 3.05) is 19.3 Å². The second kappa shape index (κ2) is 4.33. The van der Waals surface area contributed by atoms with Crippen LogP contribution in [0.3, 0.4) is 0 Å². The van der Waals surface area contributed by atoms with Gasteiger partial charge in [0.25, 0.3) is 0 Å². The summed E-state index contributed by atoms with van der Waals surface area (Å²) < 4.78 is 0.431. The number of likely N-dealkylation sites (N-methyl/N-ethyl adjacent to an activating group) is 1. The van der Waals surface area contributed by atoms with Crippen LogP contribution in [0.2, 0.25) is 0 Å². The minimum Gasteiger partial charge on any atom is -0.316 e. The summed E-state index contributed by atoms with van der Waals surface area (Å²) >= 11 is 2.09. The van der Waals surface area contributed by atoms with Crippen LogP contribution in [-0.4, -0.2) is 24.1 Å². The largest absolute Gasteiger partial charge is 0.316 e. The van der Waals surface area contributed by atoms with E-state index in [1.807, 2.05) is 7.05 Å². The van der Waals surface area contributed by atoms with E-state index in [2.05, 4.69) is 37.0 Å². The second-order valence-electron chi connectivity index (χ2n) is 3.79. The second-order valence-corrected chi connectivity index (χ2v) is 5.42. The standard InChI is InChI=1S/C10H19NS/c1-9(8-11-3)7-10(2)5-4-6-12-10/h7,11H,4-6,8H2,1-3H3/b9-7+. The molecule has 1 N–H and O–H groups in total. The maximum absolute atomic E-state index is 3.18. The Morgan fingerprint density at radius 1 is 1.67 bits per heavy atom. The Kier molecular flexibility index (Phi) is 3.66. The smallest absolute Gasteiger partial charge is 0.0313 e. The Hall–Kier alpha value is 0.0500. The molecule has 0 aromatic heterocycles. The van der Waals surface area contributed by atoms with Crippen molar-refractivity contribution in [3.63, 3.8) is 0 Å². The van der Waals surface area contributed by atoms with Gasteiger partial charge in [-0.25, -0.2) is 0 Å². The number of hydrogen-bond donors (Lipinski definition) is 1. The highest BCUT2D eigenvalue weighted by atomic mass is 32.2. The molecule has 2 heteroatoms. The lowest BCUT2D eigenvalue weighted by Gasteiger charge is -2.18. The molecule has 0 spiro atoms. The lowest BCUT2D eigenvalue weighted by Crippen LogP contribution is -2.16. The number of rotatable bonds is 3. The molecular weight excluding hydrogens is 166 g/mol. The summed E-state index contributed by atoms with van der Waals surface area (Å²) in [6, 6.07) is 0. The lowest BCUT2D eigenvalue weighted by atomic mass is 10.0. The first kappa shape index (κ1) is 10.1. The molecule has 1 unspecified atom stereocenters. The van der Waals surface area contributed by atoms with Gasteiger partial charge in [-0.3, -0.25) is 0 Å². The third-order valence-electron chi connectivity index (χ3n) is 2.26. The van der Waals surface area contributed by atoms with Crippen LogP contribution in [0.4, 0.5) is 0 Å². The van der Waals surface area contributed by atoms with Crippen LogP contribution in [0, 0.1) is 0 Å². The van der Waals surface area contributed by atoms with Gasteiger partial charge in [-0.2, -0.15) is 11.8 Å². The van der Waals surface area contributed by atoms with E-state index in [4.69, 9.17) is 0 Å². The van der Waals surface area contributed by atoms with Gasteiger partial charge in [-0.15, -0.1) is 0 Å². The van der Waals surface area contributed by atoms with E-state index < -0.39 is 0 Å². The van der Waals surface area contributed by atoms with Crippen molar-refractivity contribution < 1.29 is 0 Å². The molecule has 1 fully saturated rings. The van der Waals surface area contributed by atoms with Gasteiger partial charge in [0, 0.05) is 11.3 Å². The Balaban J connectivity index is 2.51. The summed E-state index contributed by atoms with van der Waals surface area (Å²) in [5, 5.41) is 3.18. The summed E-state index contributed by atoms with van der Waals surface area (Å²) in [5.74, 6) is 1.33. The Labute approximate surface area is 80.0 Å². The van der Waals surface area contributed by atoms with Crippen molar-refractivity contribution in [3.05, 3.63) is 11.6 Å². The zero-order valence-electron chi connectivity index (χ0n) is 8.31. The van der Waals surface area contributed by atoms with E-state index in [-0.39, 0.29) is 0 Å². The molecular formula is C10H19NS. The van der Waals surface area contributed by atoms with Gasteiger partial charge in [0.2, 0.25) is 0 Å². The molecule has 1 saturated heterocycles. The number of thioether (sulfide) groups is 1. The molecule has 0 bridgehead atoms. The van der Waals surface area contributed by atoms with Crippen molar-refractivity contribution in [1.82, 2.24) is 5.32 Å². The van der Waals surface area contributed by atoms with Crippen LogP contribution in [0.5, 0.6) is 0 Å². The van der Waals surface area contributed by atoms with E-state index in [0.717, 1.165) is 6.54 Å². The molecule has 1 aliphatic heterocycles. The van der Waals surface area contributed by atoms with Crippen molar-refractivity contribution in [1.29, 1.82) is 0 Å². The normalized spacial score (nSPS) is 31.1. The first-order chi connectivity index (χ1) is 5.66. The zero-order valence-corrected chi connectivity index (χ0v) is 9.13. The van der Waals surface area contributed by atoms with E-state index in [1.165, 1.54) is 24.2 Å². The van der Waals surface area contributed by atoms with Crippen LogP contribution in [0.25, 0.3) is 0 Å². The van der Waals surface area contributed by atoms with Crippen molar-refractivity contribution in [2.45, 2.75) is 31.4 Å². The van der Waals surface area contributed by atoms with E-state index >= 15 is 0 Å². The molecule has 1 heterocycles. The summed E-state index contributed by atoms with van der Waals surface area (Å²) in [7, 11) is 2.00. The van der Waals surface area contributed by atoms with Crippen molar-refractivity contribution in [2.24, 2.45) is 0 Å². The first-order valence-electron chi connectivity index (χ1n) is 4.63. The molecule has 0 aromatic carbocycles. The predicted octanol–water partition coefficient (Wildman–Crippen LogP) is 2.44. The molecule has 12 heavy (non-hydrogen) atoms. The molecule has 0 aliphatic carbocycles. The fourth-order valence-corrected chi connectivity index (χ4v) is 3.09. The Bertz CT molecular complexity index is 169. The van der Waals surface area contributed by atoms with Gasteiger partial charge in [0.1, 0.15) is 0 Å². The van der Waals surface area contributed by atoms with Gasteiger partial charge in [0.05, 0.1) is 0 Å². The van der Waals surface area contributed by atoms with E-state index in [1.54, 1.807) is 0 Å². The van der Waals surface area contributed by atoms with Crippen LogP contribution >= 0.6 is 11.8 Å². The molecule has 0 amide bonds. The average molecular weight is 185 g/mol. The molecule has 1 rings (SSSR count). The topological polar surface area (TPSA) is 12.0 Å². The Morgan fingerprint density at radius 3 is 2.92 bits per heavy atom. The monoisotopic (exact) mass is 185 g/mol. The van der Waals surface area contributed by atoms with Crippen LogP contribution in [0.15, 0.2) is 11.6 Å². The minimum atomic E-state index is 0.431. The summed E-state index contributed by atoms with van der Waals surface area (Å²) in [4.78, 5) is 0. The predicted molar refractivity (Wildman–Crippen MR) is 57.8 cm³/mol. The highest BCUT2D eigenvalue weighted by Crippen LogP contribution is 2.39. The van der Waals surface area contributed by atoms with Gasteiger partial charge >= 0.3 is 0 Å². The third-order valence-corrected chi connectivity index (χ3v) is 3.73. The summed E-state index contributed by atoms with van der Waals surface area (Å²) in [5.41, 5.74) is 1.47. The van der Waals surface area contributed by atoms with Gasteiger partial charge in [0.15, 0.2) is 0 Å². The summed E-state index contributed by atoms with van der Waals surface area (Å²) in [6.45, 7) is 5.58. The Morgan fingerprint density at radius 2 is 2.42 bits per heavy atom. The van der Waals surface area contributed by atoms with Crippen LogP contribution < -0.4 is 5.32 Å². The highest BCUT2D eigenvalue weighted by Gasteiger charge is 2.26. The quantitative estimate of drug-likeness (QED) is 0.678. The van der Waals surface area contributed by atoms with Gasteiger partial charge in [-0.1, -0.05) is 11.6 Å². The minimum absolute atomic E-state index is 0.431. The van der Waals surface area contributed by atoms with E-state index in [9.17, 15) is 0 Å². The lowest BCUT2D eigenvalue weighted by molar-refractivity contribution is 0.713. The number of nitrogens with one attached hydrogen (secondary N) is 1. The maximum Gasteiger partial charge on any atom is 0.0313 e. The molecule has 1 aliphatic rings. The average Bonchev–Trinajstić information content (AvgIpc) is 2.36. The van der Waals surface area contributed by atoms with Crippen molar-refractivity contribution in [3.8, 4) is 0 Å². The maximum atomic E-state index is 3.18. The molecule has 0 aromatic rings. The van der Waals surface area contributed by atoms with Gasteiger partial charge in [-0.05, 0) is 39.5 Å². The molecule has 70 valence electrons. The highest BCUT2D eigenvalue weighted by molar-refractivity contribution is 8.01. The fourth-order valence-electron chi connectivity index (χ4n) is 1.77. The molecule has 0 saturated carbocycles. The fraction of sp³-hybridized carbons (Fsp3) is 0.800. The van der Waals surface area contributed by atoms with Crippen molar-refractivity contribution >= 4 is 11.8 Å². The SMILES string of the molecule is CNC/C(C)=C/C1(C)CCCS1. The van der Waals surface area contributed by atoms with Gasteiger partial charge < -0.3 is 5.32 Å². The zero-order chi connectivity index (χ0) is 9.03. The van der Waals surface area contributed by atoms with Crippen LogP contribution in [0.1, 0.15) is 26.7 Å².